The van der Waals surface area contributed by atoms with Crippen LogP contribution in [0.5, 0.6) is 0 Å². The van der Waals surface area contributed by atoms with E-state index in [0.29, 0.717) is 65.2 Å². The van der Waals surface area contributed by atoms with Crippen LogP contribution in [-0.4, -0.2) is 276 Å². The SMILES string of the molecule is [B][B]B([B])B(B([B])[B])c1c(C)c(C)c(B([B])B([B])[B])c2c(-c3c4c(C)c(C)c(C)c(C)c4c(-c4c(C)c(C)c(C)c5c(C)c(C)c(C)c(C)c45)c4c(C)c(C)c(C)c(C)c34)c(B([B])[B])c([B][B])c([B])c12.[B][B]B([B])B(B([B])[B])c1c(C)c(C)c(B([B])B([B])[B])c2c(-c3c4c(C)c(C)c(C)c(C)c4c(C)c4c(-c5c(C)c(C)c(C)c(C)c5C)c(C)c(C)c(C)c34)c(B([B])[B])c([B][B])c([B])c12. The predicted molar refractivity (Wildman–Crippen MR) is 644 cm³/mol. The summed E-state index contributed by atoms with van der Waals surface area (Å²) < 4.78 is 0. The normalized spacial score (nSPS) is 11.5. The Morgan fingerprint density at radius 1 is 0.164 bits per heavy atom. The maximum Gasteiger partial charge on any atom is 0.113 e. The number of fused-ring (bicyclic) bond motifs is 7. The van der Waals surface area contributed by atoms with Crippen molar-refractivity contribution in [1.82, 2.24) is 0 Å². The third-order valence-corrected chi connectivity index (χ3v) is 33.8. The van der Waals surface area contributed by atoms with Crippen molar-refractivity contribution in [3.8, 4) is 44.5 Å². The molecule has 13 aromatic carbocycles. The second-order valence-electron chi connectivity index (χ2n) is 39.7. The van der Waals surface area contributed by atoms with Crippen LogP contribution in [0.2, 0.25) is 0 Å². The van der Waals surface area contributed by atoms with Gasteiger partial charge in [-0.2, -0.15) is 0 Å². The van der Waals surface area contributed by atoms with Gasteiger partial charge in [0.1, 0.15) is 15.7 Å². The van der Waals surface area contributed by atoms with Crippen molar-refractivity contribution in [1.29, 1.82) is 0 Å². The molecule has 594 valence electrons. The van der Waals surface area contributed by atoms with Crippen molar-refractivity contribution in [2.75, 3.05) is 0 Å². The molecule has 0 unspecified atom stereocenters. The zero-order valence-electron chi connectivity index (χ0n) is 85.9. The molecule has 13 aromatic rings. The molecule has 0 aliphatic rings. The highest BCUT2D eigenvalue weighted by molar-refractivity contribution is 7.88. The maximum absolute atomic E-state index is 7.54. The minimum absolute atomic E-state index is 0.322. The fourth-order valence-corrected chi connectivity index (χ4v) is 23.9. The van der Waals surface area contributed by atoms with Gasteiger partial charge in [-0.05, 0) is 497 Å². The number of benzene rings is 13. The first-order chi connectivity index (χ1) is 62.3. The van der Waals surface area contributed by atoms with E-state index >= 15 is 0 Å². The van der Waals surface area contributed by atoms with E-state index in [2.05, 4.69) is 194 Å². The van der Waals surface area contributed by atoms with Gasteiger partial charge in [-0.25, -0.2) is 0 Å². The summed E-state index contributed by atoms with van der Waals surface area (Å²) in [6.45, 7) is 65.6. The Bertz CT molecular complexity index is 7090. The maximum atomic E-state index is 7.54. The molecule has 0 atom stereocenters. The Kier molecular flexibility index (Phi) is 31.6. The monoisotopic (exact) mass is 1670 g/mol. The van der Waals surface area contributed by atoms with Gasteiger partial charge >= 0.3 is 0 Å². The fourth-order valence-electron chi connectivity index (χ4n) is 23.9. The van der Waals surface area contributed by atoms with E-state index in [4.69, 9.17) is 170 Å². The minimum atomic E-state index is -1.09. The number of aryl methyl sites for hydroxylation is 11. The van der Waals surface area contributed by atoms with Crippen LogP contribution in [-0.2, 0) is 0 Å². The molecule has 38 heteroatoms. The van der Waals surface area contributed by atoms with Gasteiger partial charge in [0, 0.05) is 207 Å². The molecule has 0 aromatic heterocycles. The lowest BCUT2D eigenvalue weighted by Crippen LogP contribution is -2.64. The van der Waals surface area contributed by atoms with Crippen LogP contribution in [0.25, 0.3) is 120 Å². The van der Waals surface area contributed by atoms with Crippen molar-refractivity contribution >= 4 is 406 Å². The third kappa shape index (κ3) is 16.1. The molecule has 0 aliphatic heterocycles. The van der Waals surface area contributed by atoms with Gasteiger partial charge in [-0.3, -0.25) is 0 Å². The molecule has 0 heterocycles. The van der Waals surface area contributed by atoms with Crippen molar-refractivity contribution < 1.29 is 0 Å². The first-order valence-electron chi connectivity index (χ1n) is 47.0. The van der Waals surface area contributed by atoms with Crippen molar-refractivity contribution in [3.63, 3.8) is 0 Å². The summed E-state index contributed by atoms with van der Waals surface area (Å²) in [6.07, 6.45) is -5.40. The Labute approximate surface area is 843 Å². The van der Waals surface area contributed by atoms with Gasteiger partial charge in [-0.15, -0.1) is 10.9 Å². The van der Waals surface area contributed by atoms with Crippen molar-refractivity contribution in [2.24, 2.45) is 0 Å². The van der Waals surface area contributed by atoms with Gasteiger partial charge in [-0.1, -0.05) is 66.0 Å². The first-order valence-corrected chi connectivity index (χ1v) is 47.0. The van der Waals surface area contributed by atoms with Gasteiger partial charge in [0.05, 0.1) is 53.3 Å². The summed E-state index contributed by atoms with van der Waals surface area (Å²) in [7, 11) is 157. The highest BCUT2D eigenvalue weighted by Crippen LogP contribution is 2.57. The topological polar surface area (TPSA) is 0 Å². The molecule has 134 heavy (non-hydrogen) atoms. The van der Waals surface area contributed by atoms with E-state index in [1.807, 2.05) is 27.7 Å². The van der Waals surface area contributed by atoms with E-state index in [0.717, 1.165) is 121 Å². The molecule has 0 saturated heterocycles. The summed E-state index contributed by atoms with van der Waals surface area (Å²) >= 11 is 0. The lowest BCUT2D eigenvalue weighted by Gasteiger charge is -2.36. The molecule has 48 radical (unpaired) electrons. The summed E-state index contributed by atoms with van der Waals surface area (Å²) in [5.74, 6) is 0. The van der Waals surface area contributed by atoms with Gasteiger partial charge in [0.25, 0.3) is 0 Å². The number of hydrogen-bond donors (Lipinski definition) is 0. The van der Waals surface area contributed by atoms with Crippen LogP contribution >= 0.6 is 0 Å². The van der Waals surface area contributed by atoms with Crippen LogP contribution in [0.4, 0.5) is 0 Å². The smallest absolute Gasteiger partial charge is 0.111 e. The van der Waals surface area contributed by atoms with Gasteiger partial charge < -0.3 is 0 Å². The van der Waals surface area contributed by atoms with E-state index in [-0.39, 0.29) is 0 Å². The Morgan fingerprint density at radius 2 is 0.358 bits per heavy atom. The van der Waals surface area contributed by atoms with Crippen LogP contribution in [0.3, 0.4) is 0 Å². The molecule has 0 amide bonds. The zero-order chi connectivity index (χ0) is 101. The summed E-state index contributed by atoms with van der Waals surface area (Å²) in [4.78, 5) is 0. The van der Waals surface area contributed by atoms with E-state index in [1.54, 1.807) is 0 Å². The number of hydrogen-bond acceptors (Lipinski definition) is 0. The van der Waals surface area contributed by atoms with E-state index in [1.165, 1.54) is 195 Å². The average molecular weight is 1660 g/mol. The van der Waals surface area contributed by atoms with Crippen LogP contribution in [0.1, 0.15) is 178 Å². The molecule has 0 bridgehead atoms. The molecule has 0 fully saturated rings. The molecule has 0 nitrogen and oxygen atoms in total. The average Bonchev–Trinajstić information content (AvgIpc) is 0.680. The summed E-state index contributed by atoms with van der Waals surface area (Å²) in [5.41, 5.74) is 51.2. The summed E-state index contributed by atoms with van der Waals surface area (Å²) in [5, 5.41) is 14.0. The Morgan fingerprint density at radius 3 is 0.604 bits per heavy atom. The van der Waals surface area contributed by atoms with Crippen LogP contribution in [0.15, 0.2) is 0 Å². The summed E-state index contributed by atoms with van der Waals surface area (Å²) in [6, 6.07) is 0. The Hall–Kier alpha value is -5.85. The predicted octanol–water partition coefficient (Wildman–Crippen LogP) is 5.26. The molecule has 0 spiro atoms. The van der Waals surface area contributed by atoms with Crippen molar-refractivity contribution in [3.05, 3.63) is 178 Å². The standard InChI is InChI=1S/C51H51B19.C45H45B19/c1-18-19(2)27(10)36-35(25(18)8)26(9)24(7)32(15)37(36)42-38-28(11)20(3)22(5)30(13)40(38)43(41-31(14)23(6)21(4)29(12)39(41)42)44-45-46(47(52)48(63-53)51(44)65(55)56)50(67(69(60)61)70(62)64-54)34(17)33(16)49(45)66(57)68(58)59;1-16-17(2)22(7)31(23(8)18(16)3)33-26(11)21(6)27(12)35-36(33)30(15)32-24(9)19(4)20(5)25(10)34(32)37(35)38-39-40(41(46)42(57-47)45(38)59(49)50)44(61(63(54)55)64(56)58-48)29(14)28(13)43(39)60(51)62(52)53/h1-17H3;1-15H3. The Balaban J connectivity index is 0.000000242. The van der Waals surface area contributed by atoms with E-state index < -0.39 is 77.3 Å². The van der Waals surface area contributed by atoms with Gasteiger partial charge in [0.15, 0.2) is 0 Å². The highest BCUT2D eigenvalue weighted by atomic mass is 14.4. The van der Waals surface area contributed by atoms with Crippen LogP contribution in [0, 0.1) is 222 Å². The molecule has 0 aliphatic carbocycles. The molecular weight excluding hydrogens is 1560 g/mol. The minimum Gasteiger partial charge on any atom is -0.111 e. The molecular formula is C96H96B38. The second kappa shape index (κ2) is 39.6. The first kappa shape index (κ1) is 107. The fraction of sp³-hybridized carbons (Fsp3) is 0.333. The lowest BCUT2D eigenvalue weighted by atomic mass is 8.68. The molecule has 0 saturated carbocycles. The zero-order valence-corrected chi connectivity index (χ0v) is 85.9. The van der Waals surface area contributed by atoms with Crippen molar-refractivity contribution in [2.45, 2.75) is 222 Å². The lowest BCUT2D eigenvalue weighted by molar-refractivity contribution is 1.17. The molecule has 0 N–H and O–H groups in total. The number of rotatable bonds is 20. The van der Waals surface area contributed by atoms with Gasteiger partial charge in [0.2, 0.25) is 0 Å². The van der Waals surface area contributed by atoms with Crippen LogP contribution < -0.4 is 54.6 Å². The highest BCUT2D eigenvalue weighted by Gasteiger charge is 2.42. The second-order valence-corrected chi connectivity index (χ2v) is 39.7. The van der Waals surface area contributed by atoms with E-state index in [9.17, 15) is 0 Å². The quantitative estimate of drug-likeness (QED) is 0.0724. The largest absolute Gasteiger partial charge is 0.113 e. The third-order valence-electron chi connectivity index (χ3n) is 33.8. The molecule has 13 rings (SSSR count).